The lowest BCUT2D eigenvalue weighted by Gasteiger charge is -2.10. The Kier molecular flexibility index (Phi) is 22.4. The predicted octanol–water partition coefficient (Wildman–Crippen LogP) is 16.0. The van der Waals surface area contributed by atoms with Crippen LogP contribution in [0.1, 0.15) is 80.4 Å². The summed E-state index contributed by atoms with van der Waals surface area (Å²) in [5.41, 5.74) is 4.61. The van der Waals surface area contributed by atoms with Gasteiger partial charge >= 0.3 is 24.5 Å². The van der Waals surface area contributed by atoms with Crippen LogP contribution in [0.15, 0.2) is 170 Å². The molecule has 2 N–H and O–H groups in total. The molecular formula is C58H44F9I2NO5Si. The zero-order valence-corrected chi connectivity index (χ0v) is 45.7. The van der Waals surface area contributed by atoms with Crippen LogP contribution in [0.25, 0.3) is 0 Å². The average Bonchev–Trinajstić information content (AvgIpc) is 3.36. The molecule has 0 fully saturated rings. The Morgan fingerprint density at radius 3 is 1.34 bits per heavy atom. The van der Waals surface area contributed by atoms with Crippen LogP contribution in [0.5, 0.6) is 0 Å². The van der Waals surface area contributed by atoms with E-state index in [1.54, 1.807) is 78.9 Å². The molecule has 0 radical (unpaired) electrons. The number of hydrogen-bond acceptors (Lipinski definition) is 4. The van der Waals surface area contributed by atoms with Gasteiger partial charge in [-0.15, -0.1) is 12.0 Å². The molecule has 0 aliphatic heterocycles. The van der Waals surface area contributed by atoms with Crippen LogP contribution in [0.4, 0.5) is 45.2 Å². The Morgan fingerprint density at radius 1 is 0.513 bits per heavy atom. The molecule has 0 spiro atoms. The Balaban J connectivity index is 0.000000227. The molecule has 18 heteroatoms. The largest absolute Gasteiger partial charge is 0.478 e. The van der Waals surface area contributed by atoms with Crippen LogP contribution >= 0.6 is 45.2 Å². The maximum absolute atomic E-state index is 12.8. The first kappa shape index (κ1) is 61.5. The molecule has 6 nitrogen and oxygen atoms in total. The zero-order valence-electron chi connectivity index (χ0n) is 40.4. The molecule has 0 saturated heterocycles. The smallest absolute Gasteiger partial charge is 0.416 e. The van der Waals surface area contributed by atoms with Gasteiger partial charge in [-0.25, -0.2) is 4.79 Å². The van der Waals surface area contributed by atoms with E-state index in [9.17, 15) is 58.7 Å². The van der Waals surface area contributed by atoms with Gasteiger partial charge in [0.2, 0.25) is 0 Å². The Labute approximate surface area is 461 Å². The number of terminal acetylenes is 1. The minimum atomic E-state index is -4.43. The van der Waals surface area contributed by atoms with Gasteiger partial charge in [-0.3, -0.25) is 14.4 Å². The fraction of sp³-hybridized carbons (Fsp3) is 0.138. The Bertz CT molecular complexity index is 3290. The van der Waals surface area contributed by atoms with Crippen molar-refractivity contribution in [2.24, 2.45) is 0 Å². The highest BCUT2D eigenvalue weighted by molar-refractivity contribution is 14.1. The molecule has 0 aliphatic carbocycles. The van der Waals surface area contributed by atoms with Crippen molar-refractivity contribution in [2.75, 3.05) is 5.32 Å². The maximum Gasteiger partial charge on any atom is 0.416 e. The van der Waals surface area contributed by atoms with Gasteiger partial charge in [0.05, 0.1) is 22.3 Å². The lowest BCUT2D eigenvalue weighted by molar-refractivity contribution is -0.138. The number of carboxylic acid groups (broad SMARTS) is 1. The van der Waals surface area contributed by atoms with Gasteiger partial charge in [-0.1, -0.05) is 110 Å². The number of nitrogens with one attached hydrogen (secondary N) is 1. The monoisotopic (exact) mass is 1290 g/mol. The molecule has 0 atom stereocenters. The highest BCUT2D eigenvalue weighted by atomic mass is 127. The molecule has 7 aromatic carbocycles. The van der Waals surface area contributed by atoms with E-state index in [-0.39, 0.29) is 30.1 Å². The number of carboxylic acids is 1. The van der Waals surface area contributed by atoms with Gasteiger partial charge in [0, 0.05) is 53.5 Å². The Morgan fingerprint density at radius 2 is 0.908 bits per heavy atom. The second-order valence-corrected chi connectivity index (χ2v) is 24.5. The van der Waals surface area contributed by atoms with E-state index >= 15 is 0 Å². The highest BCUT2D eigenvalue weighted by Crippen LogP contribution is 2.32. The molecule has 0 aromatic heterocycles. The predicted molar refractivity (Wildman–Crippen MR) is 295 cm³/mol. The van der Waals surface area contributed by atoms with Crippen molar-refractivity contribution in [3.63, 3.8) is 0 Å². The normalized spacial score (nSPS) is 11.0. The van der Waals surface area contributed by atoms with Crippen molar-refractivity contribution < 1.29 is 63.8 Å². The van der Waals surface area contributed by atoms with E-state index in [2.05, 4.69) is 87.5 Å². The Hall–Kier alpha value is -7.01. The molecular weight excluding hydrogens is 1240 g/mol. The number of benzene rings is 7. The SMILES string of the molecule is C#Cc1cccc(C(=O)Cc2cccc(C(F)(F)F)c2)c1.C[Si](C)(C)C#Cc1cccc(C(=O)Cc2cccc(C(F)(F)F)c2)c1.O=C(Nc1cccc(C(F)(F)F)c1)c1cccc(I)c1.O=C(O)c1cccc(I)c1. The molecule has 0 aliphatic rings. The standard InChI is InChI=1S/C20H19F3OSi.C17H11F3O.C14H9F3INO.C7H5IO2/c1-25(2,3)11-10-15-6-4-8-17(12-15)19(24)14-16-7-5-9-18(13-16)20(21,22)23;1-2-12-5-3-7-14(9-12)16(21)11-13-6-4-8-15(10-13)17(18,19)20;15-14(16,17)10-4-2-6-12(8-10)19-13(20)9-3-1-5-11(18)7-9;8-6-3-1-2-5(4-6)7(9)10/h4-9,12-13H,14H2,1-3H3;1,3-10H,11H2;1-8H,(H,19,20);1-4H,(H,9,10). The first-order valence-corrected chi connectivity index (χ1v) is 28.0. The van der Waals surface area contributed by atoms with Crippen molar-refractivity contribution >= 4 is 82.4 Å². The molecule has 1 amide bonds. The number of hydrogen-bond donors (Lipinski definition) is 2. The summed E-state index contributed by atoms with van der Waals surface area (Å²) in [6, 6.07) is 41.2. The minimum Gasteiger partial charge on any atom is -0.478 e. The third-order valence-electron chi connectivity index (χ3n) is 9.96. The first-order chi connectivity index (χ1) is 35.5. The van der Waals surface area contributed by atoms with Gasteiger partial charge in [0.1, 0.15) is 8.07 Å². The van der Waals surface area contributed by atoms with Crippen molar-refractivity contribution in [3.8, 4) is 23.8 Å². The summed E-state index contributed by atoms with van der Waals surface area (Å²) >= 11 is 4.13. The number of rotatable bonds is 9. The van der Waals surface area contributed by atoms with Crippen LogP contribution < -0.4 is 5.32 Å². The summed E-state index contributed by atoms with van der Waals surface area (Å²) in [5, 5.41) is 11.0. The molecule has 76 heavy (non-hydrogen) atoms. The maximum atomic E-state index is 12.8. The quantitative estimate of drug-likeness (QED) is 0.0493. The summed E-state index contributed by atoms with van der Waals surface area (Å²) < 4.78 is 116. The van der Waals surface area contributed by atoms with Gasteiger partial charge < -0.3 is 10.4 Å². The van der Waals surface area contributed by atoms with Gasteiger partial charge in [0.25, 0.3) is 5.91 Å². The summed E-state index contributed by atoms with van der Waals surface area (Å²) in [7, 11) is -1.52. The van der Waals surface area contributed by atoms with Crippen LogP contribution in [0, 0.1) is 30.9 Å². The average molecular weight is 1290 g/mol. The van der Waals surface area contributed by atoms with E-state index in [0.717, 1.165) is 49.1 Å². The third kappa shape index (κ3) is 21.3. The van der Waals surface area contributed by atoms with Crippen molar-refractivity contribution in [2.45, 2.75) is 51.0 Å². The van der Waals surface area contributed by atoms with E-state index in [1.807, 2.05) is 18.2 Å². The first-order valence-electron chi connectivity index (χ1n) is 22.3. The zero-order chi connectivity index (χ0) is 56.4. The topological polar surface area (TPSA) is 101 Å². The van der Waals surface area contributed by atoms with Crippen LogP contribution in [0.2, 0.25) is 19.6 Å². The highest BCUT2D eigenvalue weighted by Gasteiger charge is 2.32. The number of halogens is 11. The summed E-state index contributed by atoms with van der Waals surface area (Å²) in [4.78, 5) is 46.8. The van der Waals surface area contributed by atoms with E-state index in [1.165, 1.54) is 36.4 Å². The second kappa shape index (κ2) is 27.7. The lowest BCUT2D eigenvalue weighted by Crippen LogP contribution is -2.16. The van der Waals surface area contributed by atoms with E-state index in [4.69, 9.17) is 11.5 Å². The van der Waals surface area contributed by atoms with Crippen molar-refractivity contribution in [1.29, 1.82) is 0 Å². The van der Waals surface area contributed by atoms with Crippen LogP contribution in [-0.4, -0.2) is 36.6 Å². The van der Waals surface area contributed by atoms with Gasteiger partial charge in [0.15, 0.2) is 11.6 Å². The van der Waals surface area contributed by atoms with Crippen molar-refractivity contribution in [3.05, 3.63) is 238 Å². The number of carbonyl (C=O) groups is 4. The van der Waals surface area contributed by atoms with Gasteiger partial charge in [-0.05, 0) is 147 Å². The molecule has 392 valence electrons. The lowest BCUT2D eigenvalue weighted by atomic mass is 10.00. The van der Waals surface area contributed by atoms with Crippen LogP contribution in [-0.2, 0) is 31.4 Å². The molecule has 7 rings (SSSR count). The molecule has 0 heterocycles. The van der Waals surface area contributed by atoms with Crippen molar-refractivity contribution in [1.82, 2.24) is 0 Å². The van der Waals surface area contributed by atoms with Crippen LogP contribution in [0.3, 0.4) is 0 Å². The van der Waals surface area contributed by atoms with E-state index < -0.39 is 55.2 Å². The molecule has 7 aromatic rings. The summed E-state index contributed by atoms with van der Waals surface area (Å²) in [5.74, 6) is 3.68. The number of carbonyl (C=O) groups excluding carboxylic acids is 3. The fourth-order valence-corrected chi connectivity index (χ4v) is 7.94. The second-order valence-electron chi connectivity index (χ2n) is 17.3. The number of alkyl halides is 9. The minimum absolute atomic E-state index is 0.0746. The third-order valence-corrected chi connectivity index (χ3v) is 12.2. The summed E-state index contributed by atoms with van der Waals surface area (Å²) in [6.45, 7) is 6.38. The molecule has 0 unspecified atom stereocenters. The number of ketones is 2. The number of amides is 1. The van der Waals surface area contributed by atoms with Gasteiger partial charge in [-0.2, -0.15) is 39.5 Å². The molecule has 0 saturated carbocycles. The van der Waals surface area contributed by atoms with E-state index in [0.29, 0.717) is 38.9 Å². The fourth-order valence-electron chi connectivity index (χ4n) is 6.33. The number of anilines is 1. The number of Topliss-reactive ketones (excluding diaryl/α,β-unsaturated/α-hetero) is 2. The number of aromatic carboxylic acids is 1. The summed E-state index contributed by atoms with van der Waals surface area (Å²) in [6.07, 6.45) is -8.17. The molecule has 0 bridgehead atoms.